The van der Waals surface area contributed by atoms with Crippen molar-refractivity contribution < 1.29 is 54.6 Å². The van der Waals surface area contributed by atoms with Crippen LogP contribution in [0, 0.1) is 39.9 Å². The Morgan fingerprint density at radius 1 is 1.00 bits per heavy atom. The van der Waals surface area contributed by atoms with Gasteiger partial charge in [-0.3, -0.25) is 0 Å². The average Bonchev–Trinajstić information content (AvgIpc) is 0.811. The van der Waals surface area contributed by atoms with E-state index >= 15 is 0 Å². The van der Waals surface area contributed by atoms with Gasteiger partial charge in [-0.1, -0.05) is 0 Å². The second-order valence-corrected chi connectivity index (χ2v) is 0.805. The maximum atomic E-state index is 7.23. The fraction of sp³-hybridized carbons (Fsp3) is 0. The van der Waals surface area contributed by atoms with Crippen LogP contribution in [0.25, 0.3) is 0 Å². The molecule has 3 nitrogen and oxygen atoms in total. The molecular weight excluding hydrogens is 236 g/mol. The van der Waals surface area contributed by atoms with Crippen LogP contribution < -0.4 is 0 Å². The molecule has 0 spiro atoms. The van der Waals surface area contributed by atoms with E-state index in [1.165, 1.54) is 0 Å². The molecule has 34 valence electrons. The Morgan fingerprint density at radius 3 is 1.00 bits per heavy atom. The summed E-state index contributed by atoms with van der Waals surface area (Å²) in [6, 6.07) is 0. The molecule has 0 heterocycles. The predicted octanol–water partition coefficient (Wildman–Crippen LogP) is -0.810. The summed E-state index contributed by atoms with van der Waals surface area (Å²) in [7, 11) is -2.62. The van der Waals surface area contributed by atoms with Gasteiger partial charge < -0.3 is 14.7 Å². The van der Waals surface area contributed by atoms with Gasteiger partial charge in [-0.2, -0.15) is 0 Å². The van der Waals surface area contributed by atoms with Crippen LogP contribution >= 0.6 is 8.60 Å². The predicted molar refractivity (Wildman–Crippen MR) is 13.6 cm³/mol. The molecule has 0 rings (SSSR count). The minimum atomic E-state index is -2.62. The quantitative estimate of drug-likeness (QED) is 0.485. The second-order valence-electron chi connectivity index (χ2n) is 0.268. The fourth-order valence-corrected chi connectivity index (χ4v) is 0. The molecule has 0 atom stereocenters. The molecule has 0 aromatic rings. The van der Waals surface area contributed by atoms with Gasteiger partial charge in [0.25, 0.3) is 0 Å². The van der Waals surface area contributed by atoms with Gasteiger partial charge in [-0.05, 0) is 0 Å². The van der Waals surface area contributed by atoms with Crippen molar-refractivity contribution in [3.63, 3.8) is 0 Å². The minimum Gasteiger partial charge on any atom is -0.328 e. The Kier molecular flexibility index (Phi) is 11.1. The standard InChI is InChI=1S/Gd.H3O3P/c;1-4(2)3/h;1-3H. The number of hydrogen-bond donors (Lipinski definition) is 3. The normalized spacial score (nSPS) is 7.20. The van der Waals surface area contributed by atoms with Crippen LogP contribution in [-0.4, -0.2) is 14.7 Å². The summed E-state index contributed by atoms with van der Waals surface area (Å²) in [5.41, 5.74) is 0. The third kappa shape index (κ3) is 27.9. The molecule has 0 saturated heterocycles. The zero-order valence-corrected chi connectivity index (χ0v) is 5.31. The number of hydrogen-bond acceptors (Lipinski definition) is 3. The van der Waals surface area contributed by atoms with Gasteiger partial charge in [0, 0.05) is 39.9 Å². The molecule has 0 fully saturated rings. The monoisotopic (exact) mass is 240 g/mol. The molecule has 0 aliphatic rings. The summed E-state index contributed by atoms with van der Waals surface area (Å²) in [6.45, 7) is 0. The molecule has 0 saturated carbocycles. The summed E-state index contributed by atoms with van der Waals surface area (Å²) in [6.07, 6.45) is 0. The van der Waals surface area contributed by atoms with Crippen LogP contribution in [0.15, 0.2) is 0 Å². The average molecular weight is 239 g/mol. The molecule has 0 aromatic heterocycles. The zero-order chi connectivity index (χ0) is 3.58. The van der Waals surface area contributed by atoms with Gasteiger partial charge in [-0.25, -0.2) is 0 Å². The van der Waals surface area contributed by atoms with Crippen molar-refractivity contribution in [2.24, 2.45) is 0 Å². The van der Waals surface area contributed by atoms with Gasteiger partial charge in [0.15, 0.2) is 0 Å². The summed E-state index contributed by atoms with van der Waals surface area (Å²) in [5, 5.41) is 0. The van der Waals surface area contributed by atoms with Crippen molar-refractivity contribution >= 4 is 8.60 Å². The van der Waals surface area contributed by atoms with Gasteiger partial charge in [-0.15, -0.1) is 0 Å². The minimum absolute atomic E-state index is 0. The Bertz CT molecular complexity index is 11.6. The smallest absolute Gasteiger partial charge is 0.324 e. The van der Waals surface area contributed by atoms with E-state index in [0.717, 1.165) is 0 Å². The molecule has 0 aliphatic heterocycles. The Balaban J connectivity index is 0. The molecule has 0 radical (unpaired) electrons. The summed E-state index contributed by atoms with van der Waals surface area (Å²) < 4.78 is 0. The second kappa shape index (κ2) is 5.63. The molecule has 0 unspecified atom stereocenters. The van der Waals surface area contributed by atoms with Crippen LogP contribution in [0.2, 0.25) is 0 Å². The van der Waals surface area contributed by atoms with Crippen molar-refractivity contribution in [3.05, 3.63) is 0 Å². The van der Waals surface area contributed by atoms with E-state index in [-0.39, 0.29) is 39.9 Å². The van der Waals surface area contributed by atoms with E-state index in [1.54, 1.807) is 0 Å². The molecule has 0 aliphatic carbocycles. The topological polar surface area (TPSA) is 60.7 Å². The van der Waals surface area contributed by atoms with E-state index in [9.17, 15) is 0 Å². The fourth-order valence-electron chi connectivity index (χ4n) is 0. The van der Waals surface area contributed by atoms with Crippen molar-refractivity contribution in [1.29, 1.82) is 0 Å². The maximum absolute atomic E-state index is 7.23. The van der Waals surface area contributed by atoms with E-state index in [2.05, 4.69) is 0 Å². The molecule has 3 N–H and O–H groups in total. The van der Waals surface area contributed by atoms with Crippen molar-refractivity contribution in [2.75, 3.05) is 0 Å². The van der Waals surface area contributed by atoms with E-state index in [1.807, 2.05) is 0 Å². The molecule has 0 amide bonds. The first-order valence-electron chi connectivity index (χ1n) is 0.600. The molecule has 5 heavy (non-hydrogen) atoms. The molecule has 5 heteroatoms. The molecule has 0 bridgehead atoms. The Hall–Kier alpha value is 1.63. The van der Waals surface area contributed by atoms with Crippen molar-refractivity contribution in [2.45, 2.75) is 0 Å². The Morgan fingerprint density at radius 2 is 1.00 bits per heavy atom. The van der Waals surface area contributed by atoms with Crippen LogP contribution in [0.3, 0.4) is 0 Å². The van der Waals surface area contributed by atoms with E-state index in [0.29, 0.717) is 0 Å². The van der Waals surface area contributed by atoms with Gasteiger partial charge in [0.1, 0.15) is 0 Å². The van der Waals surface area contributed by atoms with Crippen LogP contribution in [0.4, 0.5) is 0 Å². The Labute approximate surface area is 62.7 Å². The zero-order valence-electron chi connectivity index (χ0n) is 2.14. The first-order chi connectivity index (χ1) is 1.73. The summed E-state index contributed by atoms with van der Waals surface area (Å²) >= 11 is 0. The summed E-state index contributed by atoms with van der Waals surface area (Å²) in [4.78, 5) is 21.7. The maximum Gasteiger partial charge on any atom is 0.324 e. The molecular formula is H3GdO3P. The third-order valence-electron chi connectivity index (χ3n) is 0. The van der Waals surface area contributed by atoms with Crippen molar-refractivity contribution in [1.82, 2.24) is 0 Å². The van der Waals surface area contributed by atoms with Gasteiger partial charge in [0.2, 0.25) is 0 Å². The van der Waals surface area contributed by atoms with Crippen LogP contribution in [-0.2, 0) is 0 Å². The van der Waals surface area contributed by atoms with Gasteiger partial charge in [0.05, 0.1) is 0 Å². The van der Waals surface area contributed by atoms with Crippen molar-refractivity contribution in [3.8, 4) is 0 Å². The largest absolute Gasteiger partial charge is 0.328 e. The third-order valence-corrected chi connectivity index (χ3v) is 0. The van der Waals surface area contributed by atoms with Crippen LogP contribution in [0.1, 0.15) is 0 Å². The first kappa shape index (κ1) is 9.81. The molecule has 0 aromatic carbocycles. The van der Waals surface area contributed by atoms with Crippen LogP contribution in [0.5, 0.6) is 0 Å². The number of rotatable bonds is 0. The van der Waals surface area contributed by atoms with E-state index in [4.69, 9.17) is 14.7 Å². The van der Waals surface area contributed by atoms with E-state index < -0.39 is 8.60 Å². The van der Waals surface area contributed by atoms with Gasteiger partial charge >= 0.3 is 8.60 Å². The first-order valence-corrected chi connectivity index (χ1v) is 1.80. The summed E-state index contributed by atoms with van der Waals surface area (Å²) in [5.74, 6) is 0. The SMILES string of the molecule is OP(O)O.[Gd].